The maximum absolute atomic E-state index is 11.9. The van der Waals surface area contributed by atoms with Crippen molar-refractivity contribution in [2.45, 2.75) is 26.8 Å². The van der Waals surface area contributed by atoms with E-state index in [1.54, 1.807) is 20.8 Å². The van der Waals surface area contributed by atoms with Crippen LogP contribution in [0.2, 0.25) is 0 Å². The van der Waals surface area contributed by atoms with Crippen molar-refractivity contribution in [3.8, 4) is 0 Å². The van der Waals surface area contributed by atoms with E-state index in [0.717, 1.165) is 0 Å². The highest BCUT2D eigenvalue weighted by molar-refractivity contribution is 7.85. The Bertz CT molecular complexity index is 355. The first-order valence-corrected chi connectivity index (χ1v) is 7.34. The van der Waals surface area contributed by atoms with Crippen molar-refractivity contribution in [1.82, 2.24) is 10.2 Å². The first kappa shape index (κ1) is 14.9. The number of carbonyl (C=O) groups excluding carboxylic acids is 1. The topological polar surface area (TPSA) is 86.7 Å². The molecule has 104 valence electrons. The smallest absolute Gasteiger partial charge is 0.326 e. The lowest BCUT2D eigenvalue weighted by molar-refractivity contribution is -0.142. The van der Waals surface area contributed by atoms with E-state index in [2.05, 4.69) is 5.32 Å². The van der Waals surface area contributed by atoms with Gasteiger partial charge in [0, 0.05) is 35.4 Å². The van der Waals surface area contributed by atoms with Gasteiger partial charge in [-0.2, -0.15) is 0 Å². The molecule has 0 aromatic rings. The number of aliphatic carboxylic acids is 1. The maximum Gasteiger partial charge on any atom is 0.326 e. The number of hydrogen-bond acceptors (Lipinski definition) is 3. The van der Waals surface area contributed by atoms with E-state index in [-0.39, 0.29) is 0 Å². The van der Waals surface area contributed by atoms with Gasteiger partial charge < -0.3 is 15.3 Å². The van der Waals surface area contributed by atoms with Gasteiger partial charge in [-0.05, 0) is 5.41 Å². The molecule has 1 saturated heterocycles. The first-order valence-electron chi connectivity index (χ1n) is 5.85. The lowest BCUT2D eigenvalue weighted by atomic mass is 9.87. The van der Waals surface area contributed by atoms with Crippen LogP contribution in [0, 0.1) is 5.41 Å². The average molecular weight is 276 g/mol. The molecule has 1 aliphatic heterocycles. The molecule has 0 radical (unpaired) electrons. The van der Waals surface area contributed by atoms with Gasteiger partial charge in [0.1, 0.15) is 6.04 Å². The maximum atomic E-state index is 11.9. The van der Waals surface area contributed by atoms with Crippen LogP contribution in [0.3, 0.4) is 0 Å². The molecule has 0 unspecified atom stereocenters. The summed E-state index contributed by atoms with van der Waals surface area (Å²) in [5, 5.41) is 11.6. The van der Waals surface area contributed by atoms with Gasteiger partial charge in [-0.3, -0.25) is 4.21 Å². The minimum atomic E-state index is -1.04. The Balaban J connectivity index is 2.62. The normalized spacial score (nSPS) is 19.4. The highest BCUT2D eigenvalue weighted by atomic mass is 32.2. The van der Waals surface area contributed by atoms with Crippen LogP contribution in [0.4, 0.5) is 4.79 Å². The number of nitrogens with one attached hydrogen (secondary N) is 1. The van der Waals surface area contributed by atoms with Crippen molar-refractivity contribution in [2.75, 3.05) is 24.6 Å². The fraction of sp³-hybridized carbons (Fsp3) is 0.818. The molecule has 6 nitrogen and oxygen atoms in total. The zero-order chi connectivity index (χ0) is 13.9. The summed E-state index contributed by atoms with van der Waals surface area (Å²) in [6.07, 6.45) is 0. The Labute approximate surface area is 109 Å². The predicted molar refractivity (Wildman–Crippen MR) is 68.9 cm³/mol. The van der Waals surface area contributed by atoms with Crippen LogP contribution >= 0.6 is 0 Å². The summed E-state index contributed by atoms with van der Waals surface area (Å²) in [6, 6.07) is -1.33. The van der Waals surface area contributed by atoms with E-state index in [4.69, 9.17) is 5.11 Å². The number of carbonyl (C=O) groups is 2. The Morgan fingerprint density at radius 1 is 1.28 bits per heavy atom. The second-order valence-electron chi connectivity index (χ2n) is 5.42. The Hall–Kier alpha value is -1.11. The van der Waals surface area contributed by atoms with Crippen LogP contribution in [0.15, 0.2) is 0 Å². The molecule has 0 aromatic carbocycles. The molecule has 1 heterocycles. The molecule has 7 heteroatoms. The molecule has 2 N–H and O–H groups in total. The van der Waals surface area contributed by atoms with Crippen LogP contribution in [-0.2, 0) is 15.6 Å². The number of carboxylic acids is 1. The summed E-state index contributed by atoms with van der Waals surface area (Å²) in [7, 11) is -0.854. The summed E-state index contributed by atoms with van der Waals surface area (Å²) >= 11 is 0. The molecule has 18 heavy (non-hydrogen) atoms. The number of nitrogens with zero attached hydrogens (tertiary/aromatic N) is 1. The van der Waals surface area contributed by atoms with Crippen molar-refractivity contribution in [2.24, 2.45) is 5.41 Å². The zero-order valence-corrected chi connectivity index (χ0v) is 11.7. The Kier molecular flexibility index (Phi) is 4.72. The standard InChI is InChI=1S/C11H20N2O4S/c1-11(2,3)8(9(14)15)12-10(16)13-4-6-18(17)7-5-13/h8H,4-7H2,1-3H3,(H,12,16)(H,14,15)/t8-/m0/s1. The second kappa shape index (κ2) is 5.69. The van der Waals surface area contributed by atoms with Gasteiger partial charge in [0.25, 0.3) is 0 Å². The van der Waals surface area contributed by atoms with Crippen LogP contribution in [-0.4, -0.2) is 56.9 Å². The van der Waals surface area contributed by atoms with Crippen LogP contribution in [0.25, 0.3) is 0 Å². The number of hydrogen-bond donors (Lipinski definition) is 2. The van der Waals surface area contributed by atoms with E-state index in [9.17, 15) is 13.8 Å². The van der Waals surface area contributed by atoms with Gasteiger partial charge in [0.05, 0.1) is 0 Å². The molecular weight excluding hydrogens is 256 g/mol. The highest BCUT2D eigenvalue weighted by Crippen LogP contribution is 2.19. The SMILES string of the molecule is CC(C)(C)[C@@H](NC(=O)N1CCS(=O)CC1)C(=O)O. The quantitative estimate of drug-likeness (QED) is 0.757. The molecular formula is C11H20N2O4S. The van der Waals surface area contributed by atoms with E-state index >= 15 is 0 Å². The van der Waals surface area contributed by atoms with E-state index in [0.29, 0.717) is 24.6 Å². The van der Waals surface area contributed by atoms with Crippen molar-refractivity contribution in [3.63, 3.8) is 0 Å². The summed E-state index contributed by atoms with van der Waals surface area (Å²) in [5.74, 6) is -0.127. The average Bonchev–Trinajstić information content (AvgIpc) is 2.24. The van der Waals surface area contributed by atoms with Crippen molar-refractivity contribution < 1.29 is 18.9 Å². The lowest BCUT2D eigenvalue weighted by Crippen LogP contribution is -2.55. The van der Waals surface area contributed by atoms with Gasteiger partial charge >= 0.3 is 12.0 Å². The zero-order valence-electron chi connectivity index (χ0n) is 10.9. The molecule has 1 rings (SSSR count). The number of carboxylic acid groups (broad SMARTS) is 1. The fourth-order valence-electron chi connectivity index (χ4n) is 1.70. The molecule has 0 spiro atoms. The van der Waals surface area contributed by atoms with Crippen LogP contribution < -0.4 is 5.32 Å². The molecule has 0 aromatic heterocycles. The van der Waals surface area contributed by atoms with Gasteiger partial charge in [-0.1, -0.05) is 20.8 Å². The molecule has 0 aliphatic carbocycles. The molecule has 1 atom stereocenters. The summed E-state index contributed by atoms with van der Waals surface area (Å²) < 4.78 is 11.2. The van der Waals surface area contributed by atoms with Gasteiger partial charge in [0.15, 0.2) is 0 Å². The van der Waals surface area contributed by atoms with Crippen molar-refractivity contribution in [1.29, 1.82) is 0 Å². The monoisotopic (exact) mass is 276 g/mol. The van der Waals surface area contributed by atoms with Crippen molar-refractivity contribution in [3.05, 3.63) is 0 Å². The Morgan fingerprint density at radius 2 is 1.78 bits per heavy atom. The minimum Gasteiger partial charge on any atom is -0.480 e. The highest BCUT2D eigenvalue weighted by Gasteiger charge is 2.34. The van der Waals surface area contributed by atoms with Gasteiger partial charge in [-0.25, -0.2) is 9.59 Å². The number of urea groups is 1. The number of rotatable bonds is 2. The van der Waals surface area contributed by atoms with Gasteiger partial charge in [0.2, 0.25) is 0 Å². The van der Waals surface area contributed by atoms with Crippen molar-refractivity contribution >= 4 is 22.8 Å². The largest absolute Gasteiger partial charge is 0.480 e. The molecule has 2 amide bonds. The third kappa shape index (κ3) is 3.97. The van der Waals surface area contributed by atoms with E-state index in [1.165, 1.54) is 4.90 Å². The lowest BCUT2D eigenvalue weighted by Gasteiger charge is -2.32. The fourth-order valence-corrected chi connectivity index (χ4v) is 2.76. The molecule has 0 bridgehead atoms. The number of amides is 2. The third-order valence-corrected chi connectivity index (χ3v) is 4.12. The van der Waals surface area contributed by atoms with E-state index < -0.39 is 34.3 Å². The molecule has 1 aliphatic rings. The summed E-state index contributed by atoms with van der Waals surface area (Å²) in [5.41, 5.74) is -0.555. The van der Waals surface area contributed by atoms with E-state index in [1.807, 2.05) is 0 Å². The second-order valence-corrected chi connectivity index (χ2v) is 7.12. The predicted octanol–water partition coefficient (Wildman–Crippen LogP) is 0.260. The Morgan fingerprint density at radius 3 is 2.17 bits per heavy atom. The first-order chi connectivity index (χ1) is 8.21. The minimum absolute atomic E-state index is 0.394. The summed E-state index contributed by atoms with van der Waals surface area (Å²) in [6.45, 7) is 6.11. The molecule has 1 fully saturated rings. The summed E-state index contributed by atoms with van der Waals surface area (Å²) in [4.78, 5) is 24.6. The van der Waals surface area contributed by atoms with Crippen LogP contribution in [0.1, 0.15) is 20.8 Å². The molecule has 0 saturated carbocycles. The third-order valence-electron chi connectivity index (χ3n) is 2.85. The van der Waals surface area contributed by atoms with Crippen LogP contribution in [0.5, 0.6) is 0 Å². The van der Waals surface area contributed by atoms with Gasteiger partial charge in [-0.15, -0.1) is 0 Å².